The Morgan fingerprint density at radius 1 is 1.28 bits per heavy atom. The number of hydrogen-bond donors (Lipinski definition) is 1. The molecule has 0 radical (unpaired) electrons. The van der Waals surface area contributed by atoms with Crippen molar-refractivity contribution in [3.8, 4) is 0 Å². The van der Waals surface area contributed by atoms with Gasteiger partial charge < -0.3 is 10.5 Å². The third kappa shape index (κ3) is 2.44. The van der Waals surface area contributed by atoms with E-state index in [1.54, 1.807) is 0 Å². The van der Waals surface area contributed by atoms with Crippen molar-refractivity contribution in [1.29, 1.82) is 0 Å². The van der Waals surface area contributed by atoms with E-state index in [4.69, 9.17) is 10.5 Å². The summed E-state index contributed by atoms with van der Waals surface area (Å²) in [4.78, 5) is 1.34. The zero-order valence-electron chi connectivity index (χ0n) is 11.3. The molecule has 1 saturated heterocycles. The van der Waals surface area contributed by atoms with Crippen molar-refractivity contribution in [3.63, 3.8) is 0 Å². The summed E-state index contributed by atoms with van der Waals surface area (Å²) >= 11 is 1.88. The van der Waals surface area contributed by atoms with Gasteiger partial charge in [-0.25, -0.2) is 0 Å². The minimum atomic E-state index is 0.166. The SMILES string of the molecule is CCSc1ccc(C2(C(CC)CN)COC2)cc1. The van der Waals surface area contributed by atoms with E-state index >= 15 is 0 Å². The molecule has 1 aliphatic heterocycles. The molecular formula is C15H23NOS. The molecule has 1 fully saturated rings. The summed E-state index contributed by atoms with van der Waals surface area (Å²) in [5.41, 5.74) is 7.49. The van der Waals surface area contributed by atoms with Crippen LogP contribution in [0.1, 0.15) is 25.8 Å². The topological polar surface area (TPSA) is 35.2 Å². The Morgan fingerprint density at radius 2 is 1.94 bits per heavy atom. The maximum atomic E-state index is 5.93. The monoisotopic (exact) mass is 265 g/mol. The number of thioether (sulfide) groups is 1. The molecule has 1 aromatic rings. The lowest BCUT2D eigenvalue weighted by atomic mass is 9.67. The molecule has 1 heterocycles. The molecule has 0 amide bonds. The first-order valence-electron chi connectivity index (χ1n) is 6.78. The highest BCUT2D eigenvalue weighted by Crippen LogP contribution is 2.41. The van der Waals surface area contributed by atoms with E-state index in [2.05, 4.69) is 38.1 Å². The van der Waals surface area contributed by atoms with Gasteiger partial charge in [-0.2, -0.15) is 0 Å². The molecule has 100 valence electrons. The average Bonchev–Trinajstić information content (AvgIpc) is 2.35. The molecule has 1 atom stereocenters. The predicted molar refractivity (Wildman–Crippen MR) is 78.2 cm³/mol. The second-order valence-electron chi connectivity index (χ2n) is 4.95. The van der Waals surface area contributed by atoms with Crippen LogP contribution in [0.5, 0.6) is 0 Å². The molecule has 3 heteroatoms. The Labute approximate surface area is 114 Å². The van der Waals surface area contributed by atoms with Crippen LogP contribution < -0.4 is 5.73 Å². The summed E-state index contributed by atoms with van der Waals surface area (Å²) in [5.74, 6) is 1.64. The third-order valence-electron chi connectivity index (χ3n) is 4.02. The van der Waals surface area contributed by atoms with Gasteiger partial charge in [0.05, 0.1) is 13.2 Å². The van der Waals surface area contributed by atoms with E-state index in [9.17, 15) is 0 Å². The van der Waals surface area contributed by atoms with E-state index in [-0.39, 0.29) is 5.41 Å². The Bertz CT molecular complexity index is 369. The number of hydrogen-bond acceptors (Lipinski definition) is 3. The Balaban J connectivity index is 2.22. The van der Waals surface area contributed by atoms with Crippen LogP contribution in [0.25, 0.3) is 0 Å². The first-order valence-corrected chi connectivity index (χ1v) is 7.76. The number of ether oxygens (including phenoxy) is 1. The molecule has 0 aliphatic carbocycles. The van der Waals surface area contributed by atoms with Crippen LogP contribution in [0, 0.1) is 5.92 Å². The van der Waals surface area contributed by atoms with Gasteiger partial charge in [0.25, 0.3) is 0 Å². The fraction of sp³-hybridized carbons (Fsp3) is 0.600. The van der Waals surface area contributed by atoms with Crippen LogP contribution in [0.2, 0.25) is 0 Å². The van der Waals surface area contributed by atoms with Gasteiger partial charge in [0.2, 0.25) is 0 Å². The van der Waals surface area contributed by atoms with Crippen molar-refractivity contribution in [1.82, 2.24) is 0 Å². The van der Waals surface area contributed by atoms with Gasteiger partial charge in [0, 0.05) is 10.3 Å². The van der Waals surface area contributed by atoms with Gasteiger partial charge >= 0.3 is 0 Å². The highest BCUT2D eigenvalue weighted by atomic mass is 32.2. The number of rotatable bonds is 6. The molecule has 1 aromatic carbocycles. The molecule has 1 aliphatic rings. The van der Waals surface area contributed by atoms with Crippen molar-refractivity contribution < 1.29 is 4.74 Å². The molecular weight excluding hydrogens is 242 g/mol. The lowest BCUT2D eigenvalue weighted by Gasteiger charge is -2.47. The van der Waals surface area contributed by atoms with E-state index in [1.807, 2.05) is 11.8 Å². The summed E-state index contributed by atoms with van der Waals surface area (Å²) in [7, 11) is 0. The fourth-order valence-corrected chi connectivity index (χ4v) is 3.45. The van der Waals surface area contributed by atoms with Gasteiger partial charge in [-0.3, -0.25) is 0 Å². The number of nitrogens with two attached hydrogens (primary N) is 1. The Morgan fingerprint density at radius 3 is 2.33 bits per heavy atom. The molecule has 18 heavy (non-hydrogen) atoms. The smallest absolute Gasteiger partial charge is 0.0588 e. The van der Waals surface area contributed by atoms with Gasteiger partial charge in [0.15, 0.2) is 0 Å². The van der Waals surface area contributed by atoms with Crippen molar-refractivity contribution in [2.24, 2.45) is 11.7 Å². The number of benzene rings is 1. The third-order valence-corrected chi connectivity index (χ3v) is 4.91. The average molecular weight is 265 g/mol. The van der Waals surface area contributed by atoms with E-state index in [1.165, 1.54) is 10.5 Å². The molecule has 2 rings (SSSR count). The molecule has 0 saturated carbocycles. The standard InChI is InChI=1S/C15H23NOS/c1-3-12(9-16)15(10-17-11-15)13-5-7-14(8-6-13)18-4-2/h5-8,12H,3-4,9-11,16H2,1-2H3. The van der Waals surface area contributed by atoms with Gasteiger partial charge in [-0.05, 0) is 35.9 Å². The van der Waals surface area contributed by atoms with Gasteiger partial charge in [0.1, 0.15) is 0 Å². The summed E-state index contributed by atoms with van der Waals surface area (Å²) < 4.78 is 5.49. The van der Waals surface area contributed by atoms with Gasteiger partial charge in [-0.1, -0.05) is 32.4 Å². The van der Waals surface area contributed by atoms with Gasteiger partial charge in [-0.15, -0.1) is 11.8 Å². The first-order chi connectivity index (χ1) is 8.76. The first kappa shape index (κ1) is 13.9. The zero-order chi connectivity index (χ0) is 13.0. The van der Waals surface area contributed by atoms with E-state index in [0.29, 0.717) is 5.92 Å². The van der Waals surface area contributed by atoms with Crippen LogP contribution in [0.15, 0.2) is 29.2 Å². The maximum Gasteiger partial charge on any atom is 0.0588 e. The van der Waals surface area contributed by atoms with Crippen molar-refractivity contribution in [2.45, 2.75) is 30.6 Å². The van der Waals surface area contributed by atoms with Crippen LogP contribution in [0.4, 0.5) is 0 Å². The van der Waals surface area contributed by atoms with Crippen molar-refractivity contribution in [2.75, 3.05) is 25.5 Å². The molecule has 0 spiro atoms. The maximum absolute atomic E-state index is 5.93. The summed E-state index contributed by atoms with van der Waals surface area (Å²) in [6.45, 7) is 6.79. The predicted octanol–water partition coefficient (Wildman–Crippen LogP) is 3.05. The van der Waals surface area contributed by atoms with Crippen LogP contribution in [0.3, 0.4) is 0 Å². The highest BCUT2D eigenvalue weighted by molar-refractivity contribution is 7.99. The molecule has 2 nitrogen and oxygen atoms in total. The van der Waals surface area contributed by atoms with Crippen molar-refractivity contribution >= 4 is 11.8 Å². The molecule has 0 bridgehead atoms. The minimum absolute atomic E-state index is 0.166. The van der Waals surface area contributed by atoms with Crippen LogP contribution >= 0.6 is 11.8 Å². The van der Waals surface area contributed by atoms with Crippen LogP contribution in [-0.4, -0.2) is 25.5 Å². The summed E-state index contributed by atoms with van der Waals surface area (Å²) in [6, 6.07) is 8.98. The lowest BCUT2D eigenvalue weighted by Crippen LogP contribution is -2.54. The minimum Gasteiger partial charge on any atom is -0.379 e. The highest BCUT2D eigenvalue weighted by Gasteiger charge is 2.45. The fourth-order valence-electron chi connectivity index (χ4n) is 2.79. The summed E-state index contributed by atoms with van der Waals surface area (Å²) in [5, 5.41) is 0. The molecule has 1 unspecified atom stereocenters. The van der Waals surface area contributed by atoms with E-state index in [0.717, 1.165) is 31.9 Å². The largest absolute Gasteiger partial charge is 0.379 e. The van der Waals surface area contributed by atoms with Crippen molar-refractivity contribution in [3.05, 3.63) is 29.8 Å². The Kier molecular flexibility index (Phi) is 4.71. The molecule has 0 aromatic heterocycles. The summed E-state index contributed by atoms with van der Waals surface area (Å²) in [6.07, 6.45) is 1.12. The lowest BCUT2D eigenvalue weighted by molar-refractivity contribution is -0.0898. The molecule has 2 N–H and O–H groups in total. The van der Waals surface area contributed by atoms with Crippen LogP contribution in [-0.2, 0) is 10.2 Å². The normalized spacial score (nSPS) is 19.3. The van der Waals surface area contributed by atoms with E-state index < -0.39 is 0 Å². The quantitative estimate of drug-likeness (QED) is 0.803. The second-order valence-corrected chi connectivity index (χ2v) is 6.28. The Hall–Kier alpha value is -0.510. The second kappa shape index (κ2) is 6.09. The zero-order valence-corrected chi connectivity index (χ0v) is 12.1.